The highest BCUT2D eigenvalue weighted by molar-refractivity contribution is 5.88. The molecule has 6 heteroatoms. The van der Waals surface area contributed by atoms with Gasteiger partial charge < -0.3 is 21.2 Å². The molecule has 6 nitrogen and oxygen atoms in total. The van der Waals surface area contributed by atoms with E-state index in [4.69, 9.17) is 5.73 Å². The van der Waals surface area contributed by atoms with Crippen molar-refractivity contribution in [3.05, 3.63) is 0 Å². The summed E-state index contributed by atoms with van der Waals surface area (Å²) in [7, 11) is 1.73. The third-order valence-corrected chi connectivity index (χ3v) is 5.04. The second-order valence-corrected chi connectivity index (χ2v) is 7.70. The molecule has 0 aromatic heterocycles. The van der Waals surface area contributed by atoms with Crippen LogP contribution in [0.3, 0.4) is 0 Å². The molecule has 0 aromatic carbocycles. The topological polar surface area (TPSA) is 101 Å². The van der Waals surface area contributed by atoms with Gasteiger partial charge in [-0.25, -0.2) is 0 Å². The van der Waals surface area contributed by atoms with Crippen LogP contribution in [-0.4, -0.2) is 50.1 Å². The van der Waals surface area contributed by atoms with E-state index in [0.717, 1.165) is 38.9 Å². The Bertz CT molecular complexity index is 427. The van der Waals surface area contributed by atoms with Gasteiger partial charge in [0.25, 0.3) is 0 Å². The zero-order valence-corrected chi connectivity index (χ0v) is 18.2. The van der Waals surface area contributed by atoms with Gasteiger partial charge in [0.1, 0.15) is 17.3 Å². The van der Waals surface area contributed by atoms with Crippen LogP contribution >= 0.6 is 0 Å². The normalized spacial score (nSPS) is 12.1. The van der Waals surface area contributed by atoms with E-state index in [0.29, 0.717) is 19.3 Å². The lowest BCUT2D eigenvalue weighted by Gasteiger charge is -2.14. The second-order valence-electron chi connectivity index (χ2n) is 7.70. The van der Waals surface area contributed by atoms with E-state index < -0.39 is 0 Å². The number of nitrogens with two attached hydrogens (primary N) is 1. The number of likely N-dealkylation sites (N-methyl/N-ethyl adjacent to an activating group) is 1. The molecule has 0 aliphatic rings. The summed E-state index contributed by atoms with van der Waals surface area (Å²) in [5.41, 5.74) is 5.45. The first-order valence-corrected chi connectivity index (χ1v) is 11.1. The zero-order chi connectivity index (χ0) is 21.0. The number of rotatable bonds is 21. The number of carbonyl (C=O) groups excluding carboxylic acids is 3. The third-order valence-electron chi connectivity index (χ3n) is 5.04. The van der Waals surface area contributed by atoms with Gasteiger partial charge in [-0.1, -0.05) is 32.1 Å². The Morgan fingerprint density at radius 2 is 1.39 bits per heavy atom. The first kappa shape index (κ1) is 26.9. The first-order valence-electron chi connectivity index (χ1n) is 11.1. The fourth-order valence-electron chi connectivity index (χ4n) is 3.18. The molecule has 164 valence electrons. The molecule has 0 aliphatic carbocycles. The lowest BCUT2D eigenvalue weighted by Crippen LogP contribution is -2.34. The zero-order valence-electron chi connectivity index (χ0n) is 18.2. The molecule has 0 heterocycles. The maximum absolute atomic E-state index is 12.0. The average molecular weight is 398 g/mol. The van der Waals surface area contributed by atoms with Crippen molar-refractivity contribution in [1.82, 2.24) is 10.6 Å². The van der Waals surface area contributed by atoms with Gasteiger partial charge in [-0.2, -0.15) is 0 Å². The van der Waals surface area contributed by atoms with Crippen molar-refractivity contribution < 1.29 is 14.4 Å². The van der Waals surface area contributed by atoms with Crippen molar-refractivity contribution in [2.75, 3.05) is 26.7 Å². The van der Waals surface area contributed by atoms with E-state index in [1.54, 1.807) is 7.05 Å². The molecule has 0 saturated carbocycles. The minimum Gasteiger partial charge on any atom is -0.330 e. The van der Waals surface area contributed by atoms with Crippen LogP contribution in [0.25, 0.3) is 0 Å². The van der Waals surface area contributed by atoms with Crippen LogP contribution in [0.4, 0.5) is 0 Å². The molecule has 0 radical (unpaired) electrons. The highest BCUT2D eigenvalue weighted by atomic mass is 16.1. The van der Waals surface area contributed by atoms with Gasteiger partial charge in [-0.15, -0.1) is 0 Å². The maximum Gasteiger partial charge on any atom is 0.150 e. The minimum absolute atomic E-state index is 0.0263. The minimum atomic E-state index is -0.312. The molecule has 1 atom stereocenters. The predicted octanol–water partition coefficient (Wildman–Crippen LogP) is 2.92. The summed E-state index contributed by atoms with van der Waals surface area (Å²) >= 11 is 0. The number of carbonyl (C=O) groups is 3. The molecule has 0 aliphatic heterocycles. The largest absolute Gasteiger partial charge is 0.330 e. The molecular weight excluding hydrogens is 354 g/mol. The highest BCUT2D eigenvalue weighted by Crippen LogP contribution is 2.11. The van der Waals surface area contributed by atoms with Crippen LogP contribution in [0, 0.1) is 0 Å². The number of unbranched alkanes of at least 4 members (excludes halogenated alkanes) is 6. The van der Waals surface area contributed by atoms with E-state index in [2.05, 4.69) is 10.6 Å². The summed E-state index contributed by atoms with van der Waals surface area (Å²) in [4.78, 5) is 35.0. The summed E-state index contributed by atoms with van der Waals surface area (Å²) in [6.07, 6.45) is 11.4. The quantitative estimate of drug-likeness (QED) is 0.257. The fraction of sp³-hybridized carbons (Fsp3) is 0.864. The van der Waals surface area contributed by atoms with Gasteiger partial charge in [-0.05, 0) is 59.3 Å². The van der Waals surface area contributed by atoms with Crippen LogP contribution in [0.1, 0.15) is 90.4 Å². The van der Waals surface area contributed by atoms with Gasteiger partial charge >= 0.3 is 0 Å². The monoisotopic (exact) mass is 397 g/mol. The van der Waals surface area contributed by atoms with Crippen molar-refractivity contribution in [2.24, 2.45) is 5.73 Å². The Morgan fingerprint density at radius 1 is 0.786 bits per heavy atom. The van der Waals surface area contributed by atoms with Gasteiger partial charge in [0, 0.05) is 25.7 Å². The van der Waals surface area contributed by atoms with Crippen LogP contribution in [-0.2, 0) is 14.4 Å². The standard InChI is InChI=1S/C22H43N3O3/c1-19(26)12-15-22(28)21(24-2)14-13-20(27)11-8-6-4-3-5-7-9-17-25-18-10-16-23/h21,24-25H,3-18,23H2,1-2H3. The van der Waals surface area contributed by atoms with E-state index >= 15 is 0 Å². The molecule has 28 heavy (non-hydrogen) atoms. The first-order chi connectivity index (χ1) is 13.5. The lowest BCUT2D eigenvalue weighted by atomic mass is 9.99. The van der Waals surface area contributed by atoms with Crippen molar-refractivity contribution in [1.29, 1.82) is 0 Å². The van der Waals surface area contributed by atoms with Gasteiger partial charge in [0.05, 0.1) is 6.04 Å². The van der Waals surface area contributed by atoms with E-state index in [-0.39, 0.29) is 36.2 Å². The Morgan fingerprint density at radius 3 is 2.00 bits per heavy atom. The fourth-order valence-corrected chi connectivity index (χ4v) is 3.18. The average Bonchev–Trinajstić information content (AvgIpc) is 2.67. The number of hydrogen-bond acceptors (Lipinski definition) is 6. The van der Waals surface area contributed by atoms with E-state index in [1.165, 1.54) is 39.0 Å². The molecular formula is C22H43N3O3. The summed E-state index contributed by atoms with van der Waals surface area (Å²) in [6, 6.07) is -0.312. The second kappa shape index (κ2) is 19.2. The van der Waals surface area contributed by atoms with E-state index in [9.17, 15) is 14.4 Å². The molecule has 1 unspecified atom stereocenters. The molecule has 4 N–H and O–H groups in total. The van der Waals surface area contributed by atoms with Crippen LogP contribution < -0.4 is 16.4 Å². The predicted molar refractivity (Wildman–Crippen MR) is 115 cm³/mol. The van der Waals surface area contributed by atoms with Gasteiger partial charge in [0.15, 0.2) is 0 Å². The highest BCUT2D eigenvalue weighted by Gasteiger charge is 2.17. The van der Waals surface area contributed by atoms with Crippen LogP contribution in [0.2, 0.25) is 0 Å². The van der Waals surface area contributed by atoms with E-state index in [1.807, 2.05) is 0 Å². The Hall–Kier alpha value is -1.11. The maximum atomic E-state index is 12.0. The Balaban J connectivity index is 3.56. The summed E-state index contributed by atoms with van der Waals surface area (Å²) in [5.74, 6) is 0.293. The molecule has 0 aromatic rings. The van der Waals surface area contributed by atoms with Crippen LogP contribution in [0.15, 0.2) is 0 Å². The molecule has 0 amide bonds. The van der Waals surface area contributed by atoms with Crippen molar-refractivity contribution in [2.45, 2.75) is 96.4 Å². The lowest BCUT2D eigenvalue weighted by molar-refractivity contribution is -0.125. The number of Topliss-reactive ketones (excluding diaryl/α,β-unsaturated/α-hetero) is 3. The smallest absolute Gasteiger partial charge is 0.150 e. The summed E-state index contributed by atoms with van der Waals surface area (Å²) in [5, 5.41) is 6.37. The van der Waals surface area contributed by atoms with Gasteiger partial charge in [0.2, 0.25) is 0 Å². The SMILES string of the molecule is CNC(CCC(=O)CCCCCCCCCNCCCN)C(=O)CCC(C)=O. The molecule has 0 saturated heterocycles. The Labute approximate surface area is 171 Å². The summed E-state index contributed by atoms with van der Waals surface area (Å²) < 4.78 is 0. The van der Waals surface area contributed by atoms with Gasteiger partial charge in [-0.3, -0.25) is 9.59 Å². The number of hydrogen-bond donors (Lipinski definition) is 3. The van der Waals surface area contributed by atoms with Crippen LogP contribution in [0.5, 0.6) is 0 Å². The van der Waals surface area contributed by atoms with Crippen molar-refractivity contribution >= 4 is 17.3 Å². The molecule has 0 bridgehead atoms. The number of nitrogens with one attached hydrogen (secondary N) is 2. The molecule has 0 rings (SSSR count). The van der Waals surface area contributed by atoms with Crippen molar-refractivity contribution in [3.8, 4) is 0 Å². The van der Waals surface area contributed by atoms with Crippen molar-refractivity contribution in [3.63, 3.8) is 0 Å². The third kappa shape index (κ3) is 17.0. The molecule has 0 fully saturated rings. The summed E-state index contributed by atoms with van der Waals surface area (Å²) in [6.45, 7) is 4.35. The number of ketones is 3. The molecule has 0 spiro atoms. The Kier molecular flexibility index (Phi) is 18.5.